The Balaban J connectivity index is 2.74. The van der Waals surface area contributed by atoms with Crippen LogP contribution in [0.3, 0.4) is 0 Å². The molecule has 0 unspecified atom stereocenters. The van der Waals surface area contributed by atoms with Gasteiger partial charge in [0.15, 0.2) is 0 Å². The maximum atomic E-state index is 12.5. The molecular weight excluding hydrogens is 366 g/mol. The molecular formula is C16H26BrNO5. The van der Waals surface area contributed by atoms with Crippen molar-refractivity contribution in [2.24, 2.45) is 0 Å². The highest BCUT2D eigenvalue weighted by Crippen LogP contribution is 2.31. The maximum Gasteiger partial charge on any atom is 0.412 e. The van der Waals surface area contributed by atoms with Crippen LogP contribution in [0.4, 0.5) is 4.79 Å². The highest BCUT2D eigenvalue weighted by molar-refractivity contribution is 9.12. The number of halogens is 1. The van der Waals surface area contributed by atoms with Crippen molar-refractivity contribution in [2.45, 2.75) is 64.8 Å². The molecule has 0 aliphatic carbocycles. The molecule has 1 saturated heterocycles. The van der Waals surface area contributed by atoms with Gasteiger partial charge in [-0.1, -0.05) is 6.08 Å². The molecule has 6 nitrogen and oxygen atoms in total. The van der Waals surface area contributed by atoms with Crippen LogP contribution in [0.2, 0.25) is 0 Å². The minimum absolute atomic E-state index is 0.103. The lowest BCUT2D eigenvalue weighted by Gasteiger charge is -2.35. The van der Waals surface area contributed by atoms with Crippen molar-refractivity contribution in [3.05, 3.63) is 10.6 Å². The van der Waals surface area contributed by atoms with E-state index in [0.29, 0.717) is 23.9 Å². The van der Waals surface area contributed by atoms with Gasteiger partial charge in [0.2, 0.25) is 0 Å². The van der Waals surface area contributed by atoms with Crippen molar-refractivity contribution in [3.63, 3.8) is 0 Å². The van der Waals surface area contributed by atoms with Gasteiger partial charge in [0.25, 0.3) is 0 Å². The van der Waals surface area contributed by atoms with Gasteiger partial charge in [-0.15, -0.1) is 0 Å². The minimum Gasteiger partial charge on any atom is -0.465 e. The number of hydrogen-bond acceptors (Lipinski definition) is 5. The van der Waals surface area contributed by atoms with E-state index in [-0.39, 0.29) is 12.1 Å². The number of methoxy groups -OCH3 is 1. The van der Waals surface area contributed by atoms with Crippen molar-refractivity contribution in [3.8, 4) is 0 Å². The lowest BCUT2D eigenvalue weighted by Crippen LogP contribution is -2.49. The van der Waals surface area contributed by atoms with E-state index in [0.717, 1.165) is 0 Å². The third-order valence-electron chi connectivity index (χ3n) is 3.37. The van der Waals surface area contributed by atoms with E-state index in [1.165, 1.54) is 7.11 Å². The molecule has 0 spiro atoms. The predicted molar refractivity (Wildman–Crippen MR) is 90.2 cm³/mol. The quantitative estimate of drug-likeness (QED) is 0.541. The Morgan fingerprint density at radius 3 is 2.52 bits per heavy atom. The summed E-state index contributed by atoms with van der Waals surface area (Å²) in [5.74, 6) is -0.419. The monoisotopic (exact) mass is 391 g/mol. The standard InChI is InChI=1S/C16H26BrNO5/c1-15(2,3)23-14(20)18-11(10-22-16(18,4)5)8-7-9-12(17)13(19)21-6/h9,11H,7-8,10H2,1-6H3/b12-9-/t11-/m1/s1. The van der Waals surface area contributed by atoms with Crippen LogP contribution in [0.1, 0.15) is 47.5 Å². The molecule has 0 radical (unpaired) electrons. The fourth-order valence-corrected chi connectivity index (χ4v) is 2.75. The molecule has 1 rings (SSSR count). The molecule has 1 heterocycles. The van der Waals surface area contributed by atoms with Crippen LogP contribution in [0, 0.1) is 0 Å². The van der Waals surface area contributed by atoms with Crippen molar-refractivity contribution < 1.29 is 23.8 Å². The van der Waals surface area contributed by atoms with Crippen molar-refractivity contribution in [1.29, 1.82) is 0 Å². The molecule has 0 saturated carbocycles. The molecule has 132 valence electrons. The normalized spacial score (nSPS) is 21.3. The first kappa shape index (κ1) is 20.0. The van der Waals surface area contributed by atoms with Crippen molar-refractivity contribution in [2.75, 3.05) is 13.7 Å². The number of carbonyl (C=O) groups is 2. The Morgan fingerprint density at radius 2 is 2.00 bits per heavy atom. The third kappa shape index (κ3) is 5.80. The number of nitrogens with zero attached hydrogens (tertiary/aromatic N) is 1. The lowest BCUT2D eigenvalue weighted by molar-refractivity contribution is -0.135. The van der Waals surface area contributed by atoms with E-state index in [4.69, 9.17) is 9.47 Å². The van der Waals surface area contributed by atoms with Gasteiger partial charge in [-0.3, -0.25) is 4.90 Å². The summed E-state index contributed by atoms with van der Waals surface area (Å²) >= 11 is 3.17. The summed E-state index contributed by atoms with van der Waals surface area (Å²) in [6.45, 7) is 9.63. The Kier molecular flexibility index (Phi) is 6.65. The molecule has 0 N–H and O–H groups in total. The van der Waals surface area contributed by atoms with Crippen LogP contribution >= 0.6 is 15.9 Å². The van der Waals surface area contributed by atoms with E-state index in [1.807, 2.05) is 34.6 Å². The van der Waals surface area contributed by atoms with E-state index >= 15 is 0 Å². The number of amides is 1. The number of hydrogen-bond donors (Lipinski definition) is 0. The second-order valence-electron chi connectivity index (χ2n) is 6.88. The first-order valence-corrected chi connectivity index (χ1v) is 8.37. The fourth-order valence-electron chi connectivity index (χ4n) is 2.36. The lowest BCUT2D eigenvalue weighted by atomic mass is 10.1. The third-order valence-corrected chi connectivity index (χ3v) is 4.02. The number of carbonyl (C=O) groups excluding carboxylic acids is 2. The second-order valence-corrected chi connectivity index (χ2v) is 7.74. The van der Waals surface area contributed by atoms with Crippen LogP contribution < -0.4 is 0 Å². The zero-order chi connectivity index (χ0) is 17.8. The SMILES string of the molecule is COC(=O)/C(Br)=C/CC[C@@H]1COC(C)(C)N1C(=O)OC(C)(C)C. The highest BCUT2D eigenvalue weighted by atomic mass is 79.9. The minimum atomic E-state index is -0.712. The Hall–Kier alpha value is -1.08. The zero-order valence-corrected chi connectivity index (χ0v) is 16.2. The molecule has 1 aliphatic rings. The summed E-state index contributed by atoms with van der Waals surface area (Å²) in [5.41, 5.74) is -1.27. The van der Waals surface area contributed by atoms with E-state index < -0.39 is 17.3 Å². The van der Waals surface area contributed by atoms with Gasteiger partial charge in [-0.2, -0.15) is 0 Å². The molecule has 7 heteroatoms. The van der Waals surface area contributed by atoms with Crippen LogP contribution in [-0.2, 0) is 19.0 Å². The first-order valence-electron chi connectivity index (χ1n) is 7.58. The van der Waals surface area contributed by atoms with Gasteiger partial charge in [0, 0.05) is 0 Å². The highest BCUT2D eigenvalue weighted by Gasteiger charge is 2.45. The number of allylic oxidation sites excluding steroid dienone is 1. The summed E-state index contributed by atoms with van der Waals surface area (Å²) in [6.07, 6.45) is 2.62. The molecule has 0 bridgehead atoms. The van der Waals surface area contributed by atoms with Gasteiger partial charge in [-0.05, 0) is 63.4 Å². The number of rotatable bonds is 4. The number of ether oxygens (including phenoxy) is 3. The van der Waals surface area contributed by atoms with E-state index in [1.54, 1.807) is 11.0 Å². The molecule has 1 aliphatic heterocycles. The molecule has 0 aromatic heterocycles. The molecule has 1 fully saturated rings. The van der Waals surface area contributed by atoms with Gasteiger partial charge < -0.3 is 14.2 Å². The van der Waals surface area contributed by atoms with Crippen LogP contribution in [0.15, 0.2) is 10.6 Å². The summed E-state index contributed by atoms with van der Waals surface area (Å²) in [4.78, 5) is 25.4. The molecule has 1 amide bonds. The first-order chi connectivity index (χ1) is 10.5. The smallest absolute Gasteiger partial charge is 0.412 e. The van der Waals surface area contributed by atoms with E-state index in [2.05, 4.69) is 20.7 Å². The molecule has 23 heavy (non-hydrogen) atoms. The Morgan fingerprint density at radius 1 is 1.39 bits per heavy atom. The number of esters is 1. The molecule has 1 atom stereocenters. The Bertz CT molecular complexity index is 481. The second kappa shape index (κ2) is 7.66. The van der Waals surface area contributed by atoms with Crippen molar-refractivity contribution in [1.82, 2.24) is 4.90 Å². The fraction of sp³-hybridized carbons (Fsp3) is 0.750. The largest absolute Gasteiger partial charge is 0.465 e. The van der Waals surface area contributed by atoms with Crippen LogP contribution in [-0.4, -0.2) is 48.0 Å². The average Bonchev–Trinajstić information content (AvgIpc) is 2.70. The van der Waals surface area contributed by atoms with Crippen LogP contribution in [0.5, 0.6) is 0 Å². The van der Waals surface area contributed by atoms with E-state index in [9.17, 15) is 9.59 Å². The van der Waals surface area contributed by atoms with Gasteiger partial charge >= 0.3 is 12.1 Å². The van der Waals surface area contributed by atoms with Gasteiger partial charge in [-0.25, -0.2) is 9.59 Å². The topological polar surface area (TPSA) is 65.1 Å². The zero-order valence-electron chi connectivity index (χ0n) is 14.6. The summed E-state index contributed by atoms with van der Waals surface area (Å²) in [7, 11) is 1.33. The summed E-state index contributed by atoms with van der Waals surface area (Å²) in [6, 6.07) is -0.103. The molecule has 0 aromatic carbocycles. The van der Waals surface area contributed by atoms with Gasteiger partial charge in [0.05, 0.1) is 24.2 Å². The maximum absolute atomic E-state index is 12.5. The van der Waals surface area contributed by atoms with Gasteiger partial charge in [0.1, 0.15) is 11.3 Å². The predicted octanol–water partition coefficient (Wildman–Crippen LogP) is 3.59. The average molecular weight is 392 g/mol. The van der Waals surface area contributed by atoms with Crippen LogP contribution in [0.25, 0.3) is 0 Å². The molecule has 0 aromatic rings. The summed E-state index contributed by atoms with van der Waals surface area (Å²) in [5, 5.41) is 0. The summed E-state index contributed by atoms with van der Waals surface area (Å²) < 4.78 is 16.2. The Labute approximate surface area is 146 Å². The van der Waals surface area contributed by atoms with Crippen molar-refractivity contribution >= 4 is 28.0 Å².